The average molecular weight is 425 g/mol. The standard InChI is InChI=1S/C22H24N4O3S/c23-17-20(22(27)24-12-11-19-7-3-1-4-8-19)18-25-13-15-26(16-14-25)30(28,29)21-9-5-2-6-10-21/h1-10,18H,11-16H2,(H,24,27)/b20-18-. The lowest BCUT2D eigenvalue weighted by Gasteiger charge is -2.33. The molecule has 0 unspecified atom stereocenters. The van der Waals surface area contributed by atoms with E-state index in [9.17, 15) is 18.5 Å². The number of benzene rings is 2. The van der Waals surface area contributed by atoms with Crippen LogP contribution in [-0.4, -0.2) is 56.3 Å². The van der Waals surface area contributed by atoms with Gasteiger partial charge in [0.25, 0.3) is 5.91 Å². The zero-order valence-electron chi connectivity index (χ0n) is 16.6. The first-order valence-corrected chi connectivity index (χ1v) is 11.2. The van der Waals surface area contributed by atoms with Gasteiger partial charge in [-0.25, -0.2) is 8.42 Å². The maximum absolute atomic E-state index is 12.7. The van der Waals surface area contributed by atoms with Gasteiger partial charge in [0.2, 0.25) is 10.0 Å². The summed E-state index contributed by atoms with van der Waals surface area (Å²) in [6.45, 7) is 1.85. The molecule has 8 heteroatoms. The summed E-state index contributed by atoms with van der Waals surface area (Å²) < 4.78 is 26.8. The summed E-state index contributed by atoms with van der Waals surface area (Å²) in [4.78, 5) is 14.4. The second-order valence-corrected chi connectivity index (χ2v) is 8.84. The maximum atomic E-state index is 12.7. The Balaban J connectivity index is 1.53. The van der Waals surface area contributed by atoms with Crippen LogP contribution in [0.3, 0.4) is 0 Å². The minimum atomic E-state index is -3.53. The van der Waals surface area contributed by atoms with E-state index in [4.69, 9.17) is 0 Å². The Kier molecular flexibility index (Phi) is 7.22. The summed E-state index contributed by atoms with van der Waals surface area (Å²) in [5.74, 6) is -0.423. The van der Waals surface area contributed by atoms with Gasteiger partial charge in [0.15, 0.2) is 0 Å². The molecule has 1 heterocycles. The molecule has 156 valence electrons. The zero-order valence-corrected chi connectivity index (χ0v) is 17.4. The molecule has 0 bridgehead atoms. The fourth-order valence-electron chi connectivity index (χ4n) is 3.20. The number of amides is 1. The SMILES string of the molecule is N#C/C(=C/N1CCN(S(=O)(=O)c2ccccc2)CC1)C(=O)NCCc1ccccc1. The number of rotatable bonds is 7. The molecule has 30 heavy (non-hydrogen) atoms. The van der Waals surface area contributed by atoms with Crippen LogP contribution in [0.25, 0.3) is 0 Å². The summed E-state index contributed by atoms with van der Waals surface area (Å²) >= 11 is 0. The molecule has 0 atom stereocenters. The van der Waals surface area contributed by atoms with Gasteiger partial charge in [0.05, 0.1) is 4.90 Å². The van der Waals surface area contributed by atoms with Gasteiger partial charge in [0, 0.05) is 38.9 Å². The van der Waals surface area contributed by atoms with Crippen LogP contribution < -0.4 is 5.32 Å². The normalized spacial score (nSPS) is 15.4. The predicted molar refractivity (Wildman–Crippen MR) is 114 cm³/mol. The molecule has 7 nitrogen and oxygen atoms in total. The Labute approximate surface area is 177 Å². The van der Waals surface area contributed by atoms with Crippen molar-refractivity contribution in [3.05, 3.63) is 78.0 Å². The zero-order chi connectivity index (χ0) is 21.4. The van der Waals surface area contributed by atoms with Gasteiger partial charge in [0.1, 0.15) is 11.6 Å². The fourth-order valence-corrected chi connectivity index (χ4v) is 4.64. The Hall–Kier alpha value is -3.15. The second kappa shape index (κ2) is 10.1. The summed E-state index contributed by atoms with van der Waals surface area (Å²) in [6.07, 6.45) is 2.20. The minimum Gasteiger partial charge on any atom is -0.373 e. The highest BCUT2D eigenvalue weighted by Crippen LogP contribution is 2.17. The third-order valence-corrected chi connectivity index (χ3v) is 6.79. The molecule has 0 saturated carbocycles. The second-order valence-electron chi connectivity index (χ2n) is 6.90. The van der Waals surface area contributed by atoms with E-state index < -0.39 is 15.9 Å². The quantitative estimate of drug-likeness (QED) is 0.540. The lowest BCUT2D eigenvalue weighted by atomic mass is 10.1. The molecular formula is C22H24N4O3S. The molecule has 0 aliphatic carbocycles. The topological polar surface area (TPSA) is 93.5 Å². The summed E-state index contributed by atoms with van der Waals surface area (Å²) in [7, 11) is -3.53. The third-order valence-electron chi connectivity index (χ3n) is 4.87. The molecule has 0 radical (unpaired) electrons. The first-order chi connectivity index (χ1) is 14.5. The van der Waals surface area contributed by atoms with Crippen molar-refractivity contribution in [3.63, 3.8) is 0 Å². The molecule has 1 amide bonds. The van der Waals surface area contributed by atoms with Crippen LogP contribution >= 0.6 is 0 Å². The van der Waals surface area contributed by atoms with Crippen LogP contribution in [0.1, 0.15) is 5.56 Å². The highest BCUT2D eigenvalue weighted by Gasteiger charge is 2.27. The molecule has 1 fully saturated rings. The van der Waals surface area contributed by atoms with Crippen molar-refractivity contribution in [2.75, 3.05) is 32.7 Å². The molecule has 1 N–H and O–H groups in total. The number of carbonyl (C=O) groups excluding carboxylic acids is 1. The Morgan fingerprint density at radius 2 is 1.60 bits per heavy atom. The molecule has 0 spiro atoms. The monoisotopic (exact) mass is 424 g/mol. The number of nitrogens with zero attached hydrogens (tertiary/aromatic N) is 3. The first-order valence-electron chi connectivity index (χ1n) is 9.74. The Morgan fingerprint density at radius 3 is 2.20 bits per heavy atom. The number of sulfonamides is 1. The van der Waals surface area contributed by atoms with Crippen molar-refractivity contribution in [2.24, 2.45) is 0 Å². The largest absolute Gasteiger partial charge is 0.373 e. The summed E-state index contributed by atoms with van der Waals surface area (Å²) in [6, 6.07) is 20.0. The van der Waals surface area contributed by atoms with E-state index in [1.54, 1.807) is 30.3 Å². The lowest BCUT2D eigenvalue weighted by molar-refractivity contribution is -0.117. The molecule has 1 aliphatic rings. The number of piperazine rings is 1. The van der Waals surface area contributed by atoms with Crippen molar-refractivity contribution in [1.82, 2.24) is 14.5 Å². The van der Waals surface area contributed by atoms with Crippen LogP contribution in [0, 0.1) is 11.3 Å². The van der Waals surface area contributed by atoms with E-state index in [-0.39, 0.29) is 10.5 Å². The Bertz CT molecular complexity index is 1020. The van der Waals surface area contributed by atoms with Crippen LogP contribution in [0.2, 0.25) is 0 Å². The van der Waals surface area contributed by atoms with Crippen molar-refractivity contribution in [1.29, 1.82) is 5.26 Å². The van der Waals surface area contributed by atoms with E-state index in [2.05, 4.69) is 5.32 Å². The van der Waals surface area contributed by atoms with E-state index in [0.29, 0.717) is 39.1 Å². The number of carbonyl (C=O) groups is 1. The molecule has 2 aromatic rings. The van der Waals surface area contributed by atoms with Gasteiger partial charge in [-0.1, -0.05) is 48.5 Å². The molecular weight excluding hydrogens is 400 g/mol. The van der Waals surface area contributed by atoms with Crippen LogP contribution in [0.15, 0.2) is 77.3 Å². The molecule has 0 aromatic heterocycles. The smallest absolute Gasteiger partial charge is 0.263 e. The molecule has 3 rings (SSSR count). The summed E-state index contributed by atoms with van der Waals surface area (Å²) in [5.41, 5.74) is 1.12. The molecule has 2 aromatic carbocycles. The Morgan fingerprint density at radius 1 is 1.00 bits per heavy atom. The molecule has 1 saturated heterocycles. The van der Waals surface area contributed by atoms with Crippen LogP contribution in [0.5, 0.6) is 0 Å². The number of hydrogen-bond acceptors (Lipinski definition) is 5. The van der Waals surface area contributed by atoms with Gasteiger partial charge in [-0.3, -0.25) is 4.79 Å². The van der Waals surface area contributed by atoms with Crippen molar-refractivity contribution in [2.45, 2.75) is 11.3 Å². The van der Waals surface area contributed by atoms with E-state index in [0.717, 1.165) is 5.56 Å². The number of nitrogens with one attached hydrogen (secondary N) is 1. The van der Waals surface area contributed by atoms with Gasteiger partial charge in [-0.2, -0.15) is 9.57 Å². The number of nitriles is 1. The van der Waals surface area contributed by atoms with E-state index in [1.807, 2.05) is 41.3 Å². The third kappa shape index (κ3) is 5.47. The summed E-state index contributed by atoms with van der Waals surface area (Å²) in [5, 5.41) is 12.1. The van der Waals surface area contributed by atoms with E-state index in [1.165, 1.54) is 10.5 Å². The number of hydrogen-bond donors (Lipinski definition) is 1. The first kappa shape index (κ1) is 21.6. The maximum Gasteiger partial charge on any atom is 0.263 e. The van der Waals surface area contributed by atoms with Gasteiger partial charge in [-0.05, 0) is 24.1 Å². The van der Waals surface area contributed by atoms with E-state index >= 15 is 0 Å². The van der Waals surface area contributed by atoms with Crippen molar-refractivity contribution < 1.29 is 13.2 Å². The predicted octanol–water partition coefficient (Wildman–Crippen LogP) is 1.76. The van der Waals surface area contributed by atoms with Crippen molar-refractivity contribution >= 4 is 15.9 Å². The molecule has 1 aliphatic heterocycles. The fraction of sp³-hybridized carbons (Fsp3) is 0.273. The lowest BCUT2D eigenvalue weighted by Crippen LogP contribution is -2.47. The van der Waals surface area contributed by atoms with Crippen molar-refractivity contribution in [3.8, 4) is 6.07 Å². The minimum absolute atomic E-state index is 0.0161. The van der Waals surface area contributed by atoms with Gasteiger partial charge < -0.3 is 10.2 Å². The van der Waals surface area contributed by atoms with Gasteiger partial charge >= 0.3 is 0 Å². The van der Waals surface area contributed by atoms with Crippen LogP contribution in [0.4, 0.5) is 0 Å². The average Bonchev–Trinajstić information content (AvgIpc) is 2.79. The van der Waals surface area contributed by atoms with Crippen LogP contribution in [-0.2, 0) is 21.2 Å². The van der Waals surface area contributed by atoms with Gasteiger partial charge in [-0.15, -0.1) is 0 Å². The highest BCUT2D eigenvalue weighted by atomic mass is 32.2. The highest BCUT2D eigenvalue weighted by molar-refractivity contribution is 7.89.